The second-order valence-corrected chi connectivity index (χ2v) is 7.43. The monoisotopic (exact) mass is 384 g/mol. The van der Waals surface area contributed by atoms with Crippen LogP contribution in [-0.4, -0.2) is 52.7 Å². The number of hydrogen-bond donors (Lipinski definition) is 2. The molecule has 0 saturated heterocycles. The van der Waals surface area contributed by atoms with Gasteiger partial charge in [0, 0.05) is 18.5 Å². The Morgan fingerprint density at radius 2 is 1.77 bits per heavy atom. The number of ether oxygens (including phenoxy) is 1. The summed E-state index contributed by atoms with van der Waals surface area (Å²) >= 11 is 5.86. The molecule has 0 aromatic heterocycles. The lowest BCUT2D eigenvalue weighted by molar-refractivity contribution is -0.149. The second-order valence-electron chi connectivity index (χ2n) is 6.99. The largest absolute Gasteiger partial charge is 0.480 e. The molecule has 2 amide bonds. The molecular weight excluding hydrogens is 360 g/mol. The van der Waals surface area contributed by atoms with Gasteiger partial charge in [-0.15, -0.1) is 0 Å². The molecule has 0 aliphatic rings. The van der Waals surface area contributed by atoms with E-state index < -0.39 is 35.7 Å². The molecular formula is C18H25ClN2O5. The molecule has 8 heteroatoms. The van der Waals surface area contributed by atoms with Gasteiger partial charge in [0.25, 0.3) is 0 Å². The van der Waals surface area contributed by atoms with Crippen LogP contribution in [0.1, 0.15) is 33.3 Å². The summed E-state index contributed by atoms with van der Waals surface area (Å²) in [6, 6.07) is 4.82. The van der Waals surface area contributed by atoms with E-state index in [-0.39, 0.29) is 6.42 Å². The van der Waals surface area contributed by atoms with Gasteiger partial charge >= 0.3 is 12.1 Å². The van der Waals surface area contributed by atoms with Crippen molar-refractivity contribution < 1.29 is 24.2 Å². The molecule has 0 saturated carbocycles. The molecule has 0 radical (unpaired) electrons. The van der Waals surface area contributed by atoms with Crippen LogP contribution in [0.3, 0.4) is 0 Å². The summed E-state index contributed by atoms with van der Waals surface area (Å²) in [5.74, 6) is -1.66. The Morgan fingerprint density at radius 1 is 1.23 bits per heavy atom. The van der Waals surface area contributed by atoms with Crippen LogP contribution in [0.5, 0.6) is 0 Å². The summed E-state index contributed by atoms with van der Waals surface area (Å²) in [7, 11) is 1.38. The average Bonchev–Trinajstić information content (AvgIpc) is 2.52. The summed E-state index contributed by atoms with van der Waals surface area (Å²) in [6.45, 7) is 6.52. The first kappa shape index (κ1) is 21.8. The molecule has 7 nitrogen and oxygen atoms in total. The number of aliphatic carboxylic acids is 1. The summed E-state index contributed by atoms with van der Waals surface area (Å²) < 4.78 is 5.20. The third-order valence-corrected chi connectivity index (χ3v) is 3.88. The van der Waals surface area contributed by atoms with Crippen molar-refractivity contribution in [3.63, 3.8) is 0 Å². The van der Waals surface area contributed by atoms with Crippen molar-refractivity contribution in [2.75, 3.05) is 7.05 Å². The number of halogens is 1. The number of likely N-dealkylation sites (N-methyl/N-ethyl adjacent to an activating group) is 1. The maximum atomic E-state index is 12.7. The van der Waals surface area contributed by atoms with E-state index in [1.807, 2.05) is 0 Å². The number of carboxylic acid groups (broad SMARTS) is 1. The van der Waals surface area contributed by atoms with Gasteiger partial charge in [-0.25, -0.2) is 9.59 Å². The number of rotatable bonds is 6. The molecule has 0 bridgehead atoms. The number of carboxylic acids is 1. The Hall–Kier alpha value is -2.28. The molecule has 1 aromatic carbocycles. The molecule has 1 aromatic rings. The van der Waals surface area contributed by atoms with Crippen LogP contribution in [0.25, 0.3) is 0 Å². The maximum Gasteiger partial charge on any atom is 0.408 e. The lowest BCUT2D eigenvalue weighted by atomic mass is 10.0. The highest BCUT2D eigenvalue weighted by molar-refractivity contribution is 6.30. The van der Waals surface area contributed by atoms with E-state index in [1.165, 1.54) is 14.0 Å². The van der Waals surface area contributed by atoms with Crippen LogP contribution in [0.2, 0.25) is 5.02 Å². The lowest BCUT2D eigenvalue weighted by Gasteiger charge is -2.28. The van der Waals surface area contributed by atoms with Gasteiger partial charge in [-0.1, -0.05) is 23.7 Å². The van der Waals surface area contributed by atoms with Gasteiger partial charge in [-0.2, -0.15) is 0 Å². The minimum atomic E-state index is -1.14. The topological polar surface area (TPSA) is 95.9 Å². The fourth-order valence-corrected chi connectivity index (χ4v) is 2.23. The quantitative estimate of drug-likeness (QED) is 0.786. The molecule has 1 rings (SSSR count). The first-order chi connectivity index (χ1) is 11.9. The van der Waals surface area contributed by atoms with Gasteiger partial charge in [0.1, 0.15) is 17.7 Å². The van der Waals surface area contributed by atoms with Crippen LogP contribution in [-0.2, 0) is 20.7 Å². The van der Waals surface area contributed by atoms with Crippen molar-refractivity contribution in [2.24, 2.45) is 0 Å². The average molecular weight is 385 g/mol. The fraction of sp³-hybridized carbons (Fsp3) is 0.500. The van der Waals surface area contributed by atoms with Crippen molar-refractivity contribution in [3.8, 4) is 0 Å². The zero-order valence-electron chi connectivity index (χ0n) is 15.6. The number of amides is 2. The molecule has 2 unspecified atom stereocenters. The Morgan fingerprint density at radius 3 is 2.23 bits per heavy atom. The Labute approximate surface area is 158 Å². The summed E-state index contributed by atoms with van der Waals surface area (Å²) in [5, 5.41) is 12.2. The zero-order chi connectivity index (χ0) is 20.1. The van der Waals surface area contributed by atoms with E-state index in [1.54, 1.807) is 45.0 Å². The molecule has 26 heavy (non-hydrogen) atoms. The Kier molecular flexibility index (Phi) is 7.44. The number of carbonyl (C=O) groups excluding carboxylic acids is 2. The normalized spacial score (nSPS) is 13.5. The van der Waals surface area contributed by atoms with Crippen molar-refractivity contribution in [3.05, 3.63) is 34.9 Å². The van der Waals surface area contributed by atoms with Gasteiger partial charge < -0.3 is 20.1 Å². The number of alkyl carbamates (subject to hydrolysis) is 1. The van der Waals surface area contributed by atoms with Gasteiger partial charge in [0.2, 0.25) is 5.91 Å². The highest BCUT2D eigenvalue weighted by Gasteiger charge is 2.30. The molecule has 0 aliphatic carbocycles. The first-order valence-corrected chi connectivity index (χ1v) is 8.52. The smallest absolute Gasteiger partial charge is 0.408 e. The molecule has 0 spiro atoms. The maximum absolute atomic E-state index is 12.7. The minimum Gasteiger partial charge on any atom is -0.480 e. The SMILES string of the molecule is CC(C(=O)O)N(C)C(=O)C(Cc1ccc(Cl)cc1)NC(=O)OC(C)(C)C. The number of nitrogens with zero attached hydrogens (tertiary/aromatic N) is 1. The molecule has 2 N–H and O–H groups in total. The van der Waals surface area contributed by atoms with Gasteiger partial charge in [0.15, 0.2) is 0 Å². The third kappa shape index (κ3) is 6.92. The number of nitrogens with one attached hydrogen (secondary N) is 1. The standard InChI is InChI=1S/C18H25ClN2O5/c1-11(16(23)24)21(5)15(22)14(20-17(25)26-18(2,3)4)10-12-6-8-13(19)9-7-12/h6-9,11,14H,10H2,1-5H3,(H,20,25)(H,23,24). The Bertz CT molecular complexity index is 655. The number of carbonyl (C=O) groups is 3. The minimum absolute atomic E-state index is 0.173. The zero-order valence-corrected chi connectivity index (χ0v) is 16.3. The molecule has 0 fully saturated rings. The first-order valence-electron chi connectivity index (χ1n) is 8.14. The second kappa shape index (κ2) is 8.89. The van der Waals surface area contributed by atoms with Crippen molar-refractivity contribution in [1.29, 1.82) is 0 Å². The van der Waals surface area contributed by atoms with Crippen LogP contribution >= 0.6 is 11.6 Å². The van der Waals surface area contributed by atoms with Crippen molar-refractivity contribution in [1.82, 2.24) is 10.2 Å². The molecule has 144 valence electrons. The van der Waals surface area contributed by atoms with Crippen molar-refractivity contribution >= 4 is 29.6 Å². The van der Waals surface area contributed by atoms with E-state index in [4.69, 9.17) is 21.4 Å². The van der Waals surface area contributed by atoms with Crippen LogP contribution in [0.15, 0.2) is 24.3 Å². The summed E-state index contributed by atoms with van der Waals surface area (Å²) in [4.78, 5) is 37.1. The van der Waals surface area contributed by atoms with E-state index in [2.05, 4.69) is 5.32 Å². The number of hydrogen-bond acceptors (Lipinski definition) is 4. The van der Waals surface area contributed by atoms with E-state index in [0.717, 1.165) is 10.5 Å². The van der Waals surface area contributed by atoms with E-state index in [0.29, 0.717) is 5.02 Å². The van der Waals surface area contributed by atoms with Gasteiger partial charge in [-0.05, 0) is 45.4 Å². The Balaban J connectivity index is 2.99. The fourth-order valence-electron chi connectivity index (χ4n) is 2.11. The molecule has 0 aliphatic heterocycles. The number of benzene rings is 1. The van der Waals surface area contributed by atoms with E-state index in [9.17, 15) is 14.4 Å². The molecule has 2 atom stereocenters. The van der Waals surface area contributed by atoms with E-state index >= 15 is 0 Å². The molecule has 0 heterocycles. The third-order valence-electron chi connectivity index (χ3n) is 3.63. The predicted molar refractivity (Wildman–Crippen MR) is 98.2 cm³/mol. The van der Waals surface area contributed by atoms with Crippen molar-refractivity contribution in [2.45, 2.75) is 51.8 Å². The highest BCUT2D eigenvalue weighted by atomic mass is 35.5. The van der Waals surface area contributed by atoms with Crippen LogP contribution < -0.4 is 5.32 Å². The highest BCUT2D eigenvalue weighted by Crippen LogP contribution is 2.14. The summed E-state index contributed by atoms with van der Waals surface area (Å²) in [6.07, 6.45) is -0.576. The van der Waals surface area contributed by atoms with Gasteiger partial charge in [0.05, 0.1) is 0 Å². The van der Waals surface area contributed by atoms with Crippen LogP contribution in [0, 0.1) is 0 Å². The van der Waals surface area contributed by atoms with Gasteiger partial charge in [-0.3, -0.25) is 4.79 Å². The van der Waals surface area contributed by atoms with Crippen LogP contribution in [0.4, 0.5) is 4.79 Å². The predicted octanol–water partition coefficient (Wildman–Crippen LogP) is 2.71. The summed E-state index contributed by atoms with van der Waals surface area (Å²) in [5.41, 5.74) is 0.0401. The lowest BCUT2D eigenvalue weighted by Crippen LogP contribution is -2.53.